The predicted octanol–water partition coefficient (Wildman–Crippen LogP) is 9.26. The van der Waals surface area contributed by atoms with E-state index in [1.165, 1.54) is 60.7 Å². The second kappa shape index (κ2) is 17.8. The third-order valence-corrected chi connectivity index (χ3v) is 13.2. The molecule has 18 heteroatoms. The zero-order chi connectivity index (χ0) is 50.9. The number of phenolic OH excluding ortho intramolecular Hbond substituents is 15. The zero-order valence-corrected chi connectivity index (χ0v) is 37.7. The Kier molecular flexibility index (Phi) is 11.8. The van der Waals surface area contributed by atoms with Crippen molar-refractivity contribution in [3.63, 3.8) is 0 Å². The number of phenols is 15. The molecule has 0 unspecified atom stereocenters. The van der Waals surface area contributed by atoms with Gasteiger partial charge in [0.2, 0.25) is 0 Å². The number of hydrogen-bond acceptors (Lipinski definition) is 18. The van der Waals surface area contributed by atoms with Gasteiger partial charge in [0.15, 0.2) is 34.5 Å². The van der Waals surface area contributed by atoms with Crippen LogP contribution in [0, 0.1) is 0 Å². The molecular formula is C53H48O18. The molecule has 0 saturated carbocycles. The Morgan fingerprint density at radius 3 is 0.958 bits per heavy atom. The van der Waals surface area contributed by atoms with Gasteiger partial charge in [-0.15, -0.1) is 0 Å². The zero-order valence-electron chi connectivity index (χ0n) is 37.7. The molecule has 7 aromatic carbocycles. The Labute approximate surface area is 403 Å². The number of fused-ring (bicyclic) bond motifs is 3. The van der Waals surface area contributed by atoms with Crippen LogP contribution in [0.15, 0.2) is 91.0 Å². The van der Waals surface area contributed by atoms with E-state index in [0.717, 1.165) is 30.3 Å². The quantitative estimate of drug-likeness (QED) is 0.0690. The van der Waals surface area contributed by atoms with Gasteiger partial charge in [-0.3, -0.25) is 0 Å². The van der Waals surface area contributed by atoms with Crippen molar-refractivity contribution < 1.29 is 90.8 Å². The molecule has 0 spiro atoms. The van der Waals surface area contributed by atoms with Crippen molar-refractivity contribution in [2.45, 2.75) is 69.2 Å². The predicted molar refractivity (Wildman–Crippen MR) is 251 cm³/mol. The van der Waals surface area contributed by atoms with Gasteiger partial charge in [0, 0.05) is 107 Å². The minimum atomic E-state index is -1.28. The molecule has 368 valence electrons. The Balaban J connectivity index is 0.00000308. The Hall–Kier alpha value is -9.06. The molecule has 0 aliphatic carbocycles. The average Bonchev–Trinajstić information content (AvgIpc) is 3.31. The highest BCUT2D eigenvalue weighted by molar-refractivity contribution is 5.71. The molecule has 3 aliphatic rings. The molecule has 18 nitrogen and oxygen atoms in total. The van der Waals surface area contributed by atoms with Crippen LogP contribution >= 0.6 is 0 Å². The van der Waals surface area contributed by atoms with Crippen LogP contribution in [0.1, 0.15) is 119 Å². The highest BCUT2D eigenvalue weighted by Gasteiger charge is 2.46. The normalized spacial score (nSPS) is 19.9. The average molecular weight is 973 g/mol. The number of benzene rings is 7. The fourth-order valence-electron chi connectivity index (χ4n) is 10.1. The van der Waals surface area contributed by atoms with E-state index < -0.39 is 117 Å². The standard InChI is InChI=1S/C51H42O18.C2H6/c52-22-10-33(60)44(34(61)11-22)24-14-41(20-2-5-28(55)31(58)8-20)68-50-46(24)36(63)17-38(65)48(50)26-16-42(21-3-6-29(56)32(59)9-21)69-51-47(37(64)18-39(66)49(26)51)25-15-40(19-1-4-27(54)30(57)7-19)67-43-13-23(53)12-35(62)45(25)43;1-2/h1-13,17-18,24-26,40-42,52-66H,14-16H2;1-2H3/t24-,25+,26-,40-,41-,42-;/m0./s1. The molecule has 0 aromatic heterocycles. The van der Waals surface area contributed by atoms with Gasteiger partial charge in [0.25, 0.3) is 0 Å². The summed E-state index contributed by atoms with van der Waals surface area (Å²) in [6.45, 7) is 4.00. The Morgan fingerprint density at radius 2 is 0.592 bits per heavy atom. The first-order valence-electron chi connectivity index (χ1n) is 22.4. The van der Waals surface area contributed by atoms with Gasteiger partial charge >= 0.3 is 0 Å². The summed E-state index contributed by atoms with van der Waals surface area (Å²) in [4.78, 5) is 0. The lowest BCUT2D eigenvalue weighted by Crippen LogP contribution is -2.26. The Morgan fingerprint density at radius 1 is 0.296 bits per heavy atom. The van der Waals surface area contributed by atoms with Crippen LogP contribution in [0.2, 0.25) is 0 Å². The first kappa shape index (κ1) is 47.0. The van der Waals surface area contributed by atoms with E-state index in [9.17, 15) is 76.6 Å². The van der Waals surface area contributed by atoms with Crippen molar-refractivity contribution in [3.8, 4) is 103 Å². The summed E-state index contributed by atoms with van der Waals surface area (Å²) < 4.78 is 19.7. The maximum absolute atomic E-state index is 12.2. The van der Waals surface area contributed by atoms with Crippen molar-refractivity contribution in [2.75, 3.05) is 0 Å². The van der Waals surface area contributed by atoms with E-state index in [1.807, 2.05) is 13.8 Å². The molecular weight excluding hydrogens is 925 g/mol. The second-order valence-electron chi connectivity index (χ2n) is 17.3. The molecule has 0 fully saturated rings. The van der Waals surface area contributed by atoms with Crippen LogP contribution in [0.5, 0.6) is 103 Å². The van der Waals surface area contributed by atoms with Crippen LogP contribution < -0.4 is 14.2 Å². The van der Waals surface area contributed by atoms with Crippen LogP contribution in [-0.4, -0.2) is 76.6 Å². The van der Waals surface area contributed by atoms with Gasteiger partial charge < -0.3 is 90.8 Å². The summed E-state index contributed by atoms with van der Waals surface area (Å²) in [5, 5.41) is 166. The monoisotopic (exact) mass is 972 g/mol. The molecule has 0 amide bonds. The van der Waals surface area contributed by atoms with E-state index in [1.54, 1.807) is 0 Å². The minimum Gasteiger partial charge on any atom is -0.508 e. The number of hydrogen-bond donors (Lipinski definition) is 15. The lowest BCUT2D eigenvalue weighted by molar-refractivity contribution is 0.143. The van der Waals surface area contributed by atoms with Gasteiger partial charge in [0.1, 0.15) is 87.3 Å². The number of aromatic hydroxyl groups is 15. The molecule has 6 atom stereocenters. The molecule has 7 aromatic rings. The van der Waals surface area contributed by atoms with Crippen LogP contribution in [0.3, 0.4) is 0 Å². The van der Waals surface area contributed by atoms with E-state index >= 15 is 0 Å². The number of ether oxygens (including phenoxy) is 3. The van der Waals surface area contributed by atoms with E-state index in [4.69, 9.17) is 14.2 Å². The van der Waals surface area contributed by atoms with Crippen molar-refractivity contribution in [1.29, 1.82) is 0 Å². The summed E-state index contributed by atoms with van der Waals surface area (Å²) in [5.41, 5.74) is 0.412. The maximum Gasteiger partial charge on any atom is 0.157 e. The first-order chi connectivity index (χ1) is 33.9. The van der Waals surface area contributed by atoms with Crippen LogP contribution in [0.4, 0.5) is 0 Å². The highest BCUT2D eigenvalue weighted by atomic mass is 16.5. The van der Waals surface area contributed by atoms with E-state index in [0.29, 0.717) is 5.56 Å². The van der Waals surface area contributed by atoms with E-state index in [-0.39, 0.29) is 86.8 Å². The lowest BCUT2D eigenvalue weighted by atomic mass is 9.74. The van der Waals surface area contributed by atoms with Gasteiger partial charge in [-0.2, -0.15) is 0 Å². The topological polar surface area (TPSA) is 331 Å². The highest BCUT2D eigenvalue weighted by Crippen LogP contribution is 2.64. The van der Waals surface area contributed by atoms with Gasteiger partial charge in [0.05, 0.1) is 0 Å². The van der Waals surface area contributed by atoms with Crippen molar-refractivity contribution in [1.82, 2.24) is 0 Å². The molecule has 71 heavy (non-hydrogen) atoms. The van der Waals surface area contributed by atoms with Crippen LogP contribution in [-0.2, 0) is 0 Å². The summed E-state index contributed by atoms with van der Waals surface area (Å²) in [6.07, 6.45) is -3.80. The summed E-state index contributed by atoms with van der Waals surface area (Å²) in [6, 6.07) is 18.0. The SMILES string of the molecule is CC.Oc1cc(O)c([C@@H]2C[C@@H](c3ccc(O)c(O)c3)Oc3c([C@@H]4C[C@@H](c5ccc(O)c(O)c5)Oc5c4c(O)cc(O)c5[C@@H]4C[C@@H](c5ccc(O)c(O)c5)Oc5cc(O)cc(O)c54)c(O)cc(O)c32)c(O)c1. The maximum atomic E-state index is 12.2. The number of rotatable bonds is 6. The largest absolute Gasteiger partial charge is 0.508 e. The Bertz CT molecular complexity index is 3240. The van der Waals surface area contributed by atoms with Gasteiger partial charge in [-0.1, -0.05) is 32.0 Å². The summed E-state index contributed by atoms with van der Waals surface area (Å²) in [7, 11) is 0. The summed E-state index contributed by atoms with van der Waals surface area (Å²) >= 11 is 0. The molecule has 0 saturated heterocycles. The van der Waals surface area contributed by atoms with Crippen LogP contribution in [0.25, 0.3) is 0 Å². The lowest BCUT2D eigenvalue weighted by Gasteiger charge is -2.40. The second-order valence-corrected chi connectivity index (χ2v) is 17.3. The third kappa shape index (κ3) is 8.07. The van der Waals surface area contributed by atoms with Crippen molar-refractivity contribution in [2.24, 2.45) is 0 Å². The minimum absolute atomic E-state index is 0.0494. The molecule has 15 N–H and O–H groups in total. The van der Waals surface area contributed by atoms with Crippen molar-refractivity contribution >= 4 is 0 Å². The molecule has 3 heterocycles. The molecule has 0 bridgehead atoms. The fraction of sp³-hybridized carbons (Fsp3) is 0.208. The first-order valence-corrected chi connectivity index (χ1v) is 22.4. The van der Waals surface area contributed by atoms with Gasteiger partial charge in [-0.05, 0) is 53.1 Å². The fourth-order valence-corrected chi connectivity index (χ4v) is 10.1. The third-order valence-electron chi connectivity index (χ3n) is 13.2. The van der Waals surface area contributed by atoms with Gasteiger partial charge in [-0.25, -0.2) is 0 Å². The summed E-state index contributed by atoms with van der Waals surface area (Å²) in [5.74, 6) is -11.8. The van der Waals surface area contributed by atoms with Crippen molar-refractivity contribution in [3.05, 3.63) is 141 Å². The molecule has 10 rings (SSSR count). The van der Waals surface area contributed by atoms with E-state index in [2.05, 4.69) is 0 Å². The smallest absolute Gasteiger partial charge is 0.157 e. The molecule has 3 aliphatic heterocycles. The molecule has 0 radical (unpaired) electrons.